The lowest BCUT2D eigenvalue weighted by Gasteiger charge is -2.22. The predicted molar refractivity (Wildman–Crippen MR) is 60.4 cm³/mol. The van der Waals surface area contributed by atoms with Crippen LogP contribution >= 0.6 is 0 Å². The Labute approximate surface area is 90.9 Å². The third-order valence-electron chi connectivity index (χ3n) is 2.43. The highest BCUT2D eigenvalue weighted by molar-refractivity contribution is 5.76. The standard InChI is InChI=1S/C10H20N4O/c1-4-5-6-7-10(2,13-14-11)8-9(15)12-3/h4-8H2,1-3H3,(H,12,15). The molecule has 0 bridgehead atoms. The molecule has 0 aromatic heterocycles. The monoisotopic (exact) mass is 212 g/mol. The van der Waals surface area contributed by atoms with E-state index in [9.17, 15) is 4.79 Å². The zero-order chi connectivity index (χ0) is 11.7. The fourth-order valence-corrected chi connectivity index (χ4v) is 1.47. The van der Waals surface area contributed by atoms with Gasteiger partial charge in [0.25, 0.3) is 0 Å². The molecule has 0 rings (SSSR count). The van der Waals surface area contributed by atoms with Gasteiger partial charge in [0.1, 0.15) is 0 Å². The van der Waals surface area contributed by atoms with Crippen LogP contribution in [0.2, 0.25) is 0 Å². The summed E-state index contributed by atoms with van der Waals surface area (Å²) < 4.78 is 0. The second-order valence-electron chi connectivity index (χ2n) is 3.99. The van der Waals surface area contributed by atoms with E-state index < -0.39 is 5.54 Å². The molecule has 0 aromatic rings. The second-order valence-corrected chi connectivity index (χ2v) is 3.99. The number of rotatable bonds is 7. The molecule has 0 spiro atoms. The minimum Gasteiger partial charge on any atom is -0.359 e. The number of unbranched alkanes of at least 4 members (excludes halogenated alkanes) is 2. The van der Waals surface area contributed by atoms with Crippen molar-refractivity contribution in [2.75, 3.05) is 7.05 Å². The molecule has 5 heteroatoms. The number of hydrogen-bond acceptors (Lipinski definition) is 2. The van der Waals surface area contributed by atoms with Crippen LogP contribution in [0.25, 0.3) is 10.4 Å². The Morgan fingerprint density at radius 2 is 2.20 bits per heavy atom. The average Bonchev–Trinajstić information content (AvgIpc) is 2.18. The molecule has 1 unspecified atom stereocenters. The summed E-state index contributed by atoms with van der Waals surface area (Å²) in [5.41, 5.74) is 7.89. The van der Waals surface area contributed by atoms with E-state index in [1.54, 1.807) is 7.05 Å². The van der Waals surface area contributed by atoms with E-state index in [0.29, 0.717) is 0 Å². The molecule has 0 heterocycles. The van der Waals surface area contributed by atoms with Crippen molar-refractivity contribution in [1.29, 1.82) is 0 Å². The smallest absolute Gasteiger partial charge is 0.220 e. The van der Waals surface area contributed by atoms with Crippen molar-refractivity contribution in [3.05, 3.63) is 10.4 Å². The molecule has 0 fully saturated rings. The first kappa shape index (κ1) is 13.8. The van der Waals surface area contributed by atoms with Gasteiger partial charge >= 0.3 is 0 Å². The lowest BCUT2D eigenvalue weighted by atomic mass is 9.91. The van der Waals surface area contributed by atoms with Crippen LogP contribution in [0.1, 0.15) is 46.0 Å². The molecule has 1 amide bonds. The van der Waals surface area contributed by atoms with Crippen molar-refractivity contribution < 1.29 is 4.79 Å². The van der Waals surface area contributed by atoms with Crippen molar-refractivity contribution in [1.82, 2.24) is 5.32 Å². The topological polar surface area (TPSA) is 77.9 Å². The van der Waals surface area contributed by atoms with Crippen LogP contribution in [0.4, 0.5) is 0 Å². The van der Waals surface area contributed by atoms with Crippen LogP contribution in [-0.2, 0) is 4.79 Å². The quantitative estimate of drug-likeness (QED) is 0.299. The maximum atomic E-state index is 11.2. The number of carbonyl (C=O) groups excluding carboxylic acids is 1. The highest BCUT2D eigenvalue weighted by Crippen LogP contribution is 2.23. The van der Waals surface area contributed by atoms with Crippen molar-refractivity contribution in [3.8, 4) is 0 Å². The van der Waals surface area contributed by atoms with Crippen molar-refractivity contribution in [3.63, 3.8) is 0 Å². The zero-order valence-corrected chi connectivity index (χ0v) is 9.79. The van der Waals surface area contributed by atoms with E-state index in [0.717, 1.165) is 25.7 Å². The van der Waals surface area contributed by atoms with Gasteiger partial charge in [-0.15, -0.1) is 0 Å². The van der Waals surface area contributed by atoms with E-state index in [2.05, 4.69) is 22.3 Å². The Morgan fingerprint density at radius 3 is 2.67 bits per heavy atom. The lowest BCUT2D eigenvalue weighted by molar-refractivity contribution is -0.121. The maximum absolute atomic E-state index is 11.2. The molecule has 1 atom stereocenters. The minimum atomic E-state index is -0.579. The Hall–Kier alpha value is -1.22. The summed E-state index contributed by atoms with van der Waals surface area (Å²) >= 11 is 0. The van der Waals surface area contributed by atoms with E-state index in [4.69, 9.17) is 5.53 Å². The van der Waals surface area contributed by atoms with Gasteiger partial charge in [-0.3, -0.25) is 4.79 Å². The van der Waals surface area contributed by atoms with Gasteiger partial charge < -0.3 is 5.32 Å². The van der Waals surface area contributed by atoms with Crippen LogP contribution in [0.3, 0.4) is 0 Å². The van der Waals surface area contributed by atoms with Crippen molar-refractivity contribution in [2.24, 2.45) is 5.11 Å². The van der Waals surface area contributed by atoms with E-state index in [1.165, 1.54) is 0 Å². The van der Waals surface area contributed by atoms with Crippen LogP contribution in [0.5, 0.6) is 0 Å². The Kier molecular flexibility index (Phi) is 6.54. The number of nitrogens with one attached hydrogen (secondary N) is 1. The van der Waals surface area contributed by atoms with Crippen LogP contribution < -0.4 is 5.32 Å². The molecule has 0 aromatic carbocycles. The minimum absolute atomic E-state index is 0.0820. The Bertz CT molecular complexity index is 248. The number of hydrogen-bond donors (Lipinski definition) is 1. The summed E-state index contributed by atoms with van der Waals surface area (Å²) in [4.78, 5) is 14.1. The lowest BCUT2D eigenvalue weighted by Crippen LogP contribution is -2.31. The summed E-state index contributed by atoms with van der Waals surface area (Å²) in [7, 11) is 1.59. The number of nitrogens with zero attached hydrogens (tertiary/aromatic N) is 3. The summed E-state index contributed by atoms with van der Waals surface area (Å²) in [5, 5.41) is 6.28. The molecule has 0 radical (unpaired) electrons. The molecule has 86 valence electrons. The molecule has 0 saturated carbocycles. The summed E-state index contributed by atoms with van der Waals surface area (Å²) in [6.07, 6.45) is 4.23. The zero-order valence-electron chi connectivity index (χ0n) is 9.79. The van der Waals surface area contributed by atoms with Gasteiger partial charge in [-0.2, -0.15) is 0 Å². The molecule has 15 heavy (non-hydrogen) atoms. The molecular formula is C10H20N4O. The molecule has 0 aliphatic heterocycles. The highest BCUT2D eigenvalue weighted by atomic mass is 16.1. The molecule has 0 aliphatic rings. The van der Waals surface area contributed by atoms with Crippen LogP contribution in [0.15, 0.2) is 5.11 Å². The molecular weight excluding hydrogens is 192 g/mol. The largest absolute Gasteiger partial charge is 0.359 e. The Balaban J connectivity index is 4.30. The van der Waals surface area contributed by atoms with Crippen LogP contribution in [-0.4, -0.2) is 18.5 Å². The summed E-state index contributed by atoms with van der Waals surface area (Å²) in [6, 6.07) is 0. The van der Waals surface area contributed by atoms with Crippen molar-refractivity contribution >= 4 is 5.91 Å². The number of azide groups is 1. The van der Waals surface area contributed by atoms with Crippen LogP contribution in [0, 0.1) is 0 Å². The van der Waals surface area contributed by atoms with Gasteiger partial charge in [-0.1, -0.05) is 38.2 Å². The number of amides is 1. The van der Waals surface area contributed by atoms with E-state index in [-0.39, 0.29) is 12.3 Å². The molecule has 1 N–H and O–H groups in total. The normalized spacial score (nSPS) is 13.8. The van der Waals surface area contributed by atoms with Gasteiger partial charge in [0.2, 0.25) is 5.91 Å². The van der Waals surface area contributed by atoms with E-state index >= 15 is 0 Å². The van der Waals surface area contributed by atoms with Gasteiger partial charge in [-0.05, 0) is 12.0 Å². The fourth-order valence-electron chi connectivity index (χ4n) is 1.47. The first-order chi connectivity index (χ1) is 7.08. The number of carbonyl (C=O) groups is 1. The van der Waals surface area contributed by atoms with Gasteiger partial charge in [0.15, 0.2) is 0 Å². The third kappa shape index (κ3) is 5.96. The average molecular weight is 212 g/mol. The summed E-state index contributed by atoms with van der Waals surface area (Å²) in [5.74, 6) is -0.0820. The first-order valence-electron chi connectivity index (χ1n) is 5.35. The van der Waals surface area contributed by atoms with Crippen molar-refractivity contribution in [2.45, 2.75) is 51.5 Å². The Morgan fingerprint density at radius 1 is 1.53 bits per heavy atom. The first-order valence-corrected chi connectivity index (χ1v) is 5.35. The van der Waals surface area contributed by atoms with E-state index in [1.807, 2.05) is 6.92 Å². The van der Waals surface area contributed by atoms with Gasteiger partial charge in [-0.25, -0.2) is 0 Å². The summed E-state index contributed by atoms with van der Waals surface area (Å²) in [6.45, 7) is 3.95. The maximum Gasteiger partial charge on any atom is 0.220 e. The molecule has 0 aliphatic carbocycles. The molecule has 5 nitrogen and oxygen atoms in total. The second kappa shape index (κ2) is 7.12. The molecule has 0 saturated heterocycles. The fraction of sp³-hybridized carbons (Fsp3) is 0.900. The third-order valence-corrected chi connectivity index (χ3v) is 2.43. The van der Waals surface area contributed by atoms with Gasteiger partial charge in [0.05, 0.1) is 5.54 Å². The SMILES string of the molecule is CCCCCC(C)(CC(=O)NC)N=[N+]=[N-]. The highest BCUT2D eigenvalue weighted by Gasteiger charge is 2.25. The van der Waals surface area contributed by atoms with Gasteiger partial charge in [0, 0.05) is 18.4 Å². The predicted octanol–water partition coefficient (Wildman–Crippen LogP) is 2.77.